The van der Waals surface area contributed by atoms with E-state index in [4.69, 9.17) is 4.43 Å². The molecule has 0 aliphatic carbocycles. The minimum absolute atomic E-state index is 0.353. The lowest BCUT2D eigenvalue weighted by atomic mass is 10.2. The van der Waals surface area contributed by atoms with Gasteiger partial charge < -0.3 is 4.43 Å². The number of hydrogen-bond donors (Lipinski definition) is 0. The van der Waals surface area contributed by atoms with E-state index in [-0.39, 0.29) is 0 Å². The van der Waals surface area contributed by atoms with Crippen LogP contribution in [0.4, 0.5) is 0 Å². The highest BCUT2D eigenvalue weighted by Gasteiger charge is 2.47. The minimum atomic E-state index is -1.55. The van der Waals surface area contributed by atoms with Crippen molar-refractivity contribution in [2.45, 2.75) is 65.1 Å². The molecule has 0 radical (unpaired) electrons. The van der Waals surface area contributed by atoms with E-state index in [0.29, 0.717) is 10.6 Å². The zero-order valence-electron chi connectivity index (χ0n) is 10.4. The first-order valence-electron chi connectivity index (χ1n) is 5.45. The first-order chi connectivity index (χ1) is 5.81. The van der Waals surface area contributed by atoms with E-state index in [1.807, 2.05) is 0 Å². The second-order valence-electron chi connectivity index (χ2n) is 5.08. The fourth-order valence-corrected chi connectivity index (χ4v) is 7.64. The zero-order chi connectivity index (χ0) is 10.7. The van der Waals surface area contributed by atoms with Crippen LogP contribution in [0, 0.1) is 0 Å². The molecular formula is C11H26OSi. The molecule has 0 spiro atoms. The van der Waals surface area contributed by atoms with Crippen LogP contribution in [0.15, 0.2) is 0 Å². The fourth-order valence-electron chi connectivity index (χ4n) is 2.55. The van der Waals surface area contributed by atoms with E-state index in [2.05, 4.69) is 48.5 Å². The Morgan fingerprint density at radius 3 is 1.69 bits per heavy atom. The van der Waals surface area contributed by atoms with Gasteiger partial charge in [0.15, 0.2) is 8.32 Å². The van der Waals surface area contributed by atoms with Crippen molar-refractivity contribution in [2.75, 3.05) is 6.61 Å². The third kappa shape index (κ3) is 2.56. The summed E-state index contributed by atoms with van der Waals surface area (Å²) in [6, 6.07) is 1.22. The maximum absolute atomic E-state index is 6.14. The largest absolute Gasteiger partial charge is 0.416 e. The summed E-state index contributed by atoms with van der Waals surface area (Å²) in [6.07, 6.45) is 0. The Bertz CT molecular complexity index is 149. The van der Waals surface area contributed by atoms with E-state index >= 15 is 0 Å². The highest BCUT2D eigenvalue weighted by Crippen LogP contribution is 2.46. The molecule has 1 nitrogen and oxygen atoms in total. The molecule has 0 aliphatic rings. The fraction of sp³-hybridized carbons (Fsp3) is 1.00. The van der Waals surface area contributed by atoms with Crippen LogP contribution in [-0.2, 0) is 4.43 Å². The van der Waals surface area contributed by atoms with Crippen LogP contribution >= 0.6 is 0 Å². The molecule has 0 N–H and O–H groups in total. The van der Waals surface area contributed by atoms with Crippen LogP contribution < -0.4 is 0 Å². The average Bonchev–Trinajstić information content (AvgIpc) is 1.96. The van der Waals surface area contributed by atoms with Gasteiger partial charge >= 0.3 is 0 Å². The predicted molar refractivity (Wildman–Crippen MR) is 62.7 cm³/mol. The minimum Gasteiger partial charge on any atom is -0.416 e. The van der Waals surface area contributed by atoms with E-state index in [1.54, 1.807) is 0 Å². The molecule has 0 aromatic carbocycles. The molecule has 2 heteroatoms. The highest BCUT2D eigenvalue weighted by atomic mass is 28.4. The average molecular weight is 202 g/mol. The molecule has 0 fully saturated rings. The van der Waals surface area contributed by atoms with Gasteiger partial charge in [-0.1, -0.05) is 41.5 Å². The molecule has 1 atom stereocenters. The molecule has 80 valence electrons. The van der Waals surface area contributed by atoms with Gasteiger partial charge in [-0.25, -0.2) is 0 Å². The van der Waals surface area contributed by atoms with Crippen LogP contribution in [0.5, 0.6) is 0 Å². The quantitative estimate of drug-likeness (QED) is 0.621. The molecule has 13 heavy (non-hydrogen) atoms. The van der Waals surface area contributed by atoms with Crippen LogP contribution in [0.1, 0.15) is 48.5 Å². The van der Waals surface area contributed by atoms with Gasteiger partial charge in [-0.05, 0) is 23.5 Å². The first kappa shape index (κ1) is 13.2. The van der Waals surface area contributed by atoms with E-state index < -0.39 is 8.32 Å². The summed E-state index contributed by atoms with van der Waals surface area (Å²) in [5, 5.41) is 0.353. The maximum atomic E-state index is 6.14. The summed E-state index contributed by atoms with van der Waals surface area (Å²) in [6.45, 7) is 16.9. The van der Waals surface area contributed by atoms with Crippen molar-refractivity contribution in [2.24, 2.45) is 0 Å². The Balaban J connectivity index is 4.87. The summed E-state index contributed by atoms with van der Waals surface area (Å²) in [4.78, 5) is 0. The predicted octanol–water partition coefficient (Wildman–Crippen LogP) is 4.20. The van der Waals surface area contributed by atoms with Gasteiger partial charge in [-0.3, -0.25) is 0 Å². The van der Waals surface area contributed by atoms with Gasteiger partial charge in [0.2, 0.25) is 0 Å². The Morgan fingerprint density at radius 2 is 1.62 bits per heavy atom. The second-order valence-corrected chi connectivity index (χ2v) is 10.5. The van der Waals surface area contributed by atoms with Crippen molar-refractivity contribution >= 4 is 8.32 Å². The summed E-state index contributed by atoms with van der Waals surface area (Å²) in [5.74, 6) is 0. The maximum Gasteiger partial charge on any atom is 0.200 e. The third-order valence-electron chi connectivity index (χ3n) is 3.13. The zero-order valence-corrected chi connectivity index (χ0v) is 11.4. The molecule has 0 aliphatic heterocycles. The molecular weight excluding hydrogens is 176 g/mol. The van der Waals surface area contributed by atoms with Crippen molar-refractivity contribution in [3.05, 3.63) is 0 Å². The normalized spacial score (nSPS) is 17.5. The van der Waals surface area contributed by atoms with E-state index in [1.165, 1.54) is 6.04 Å². The summed E-state index contributed by atoms with van der Waals surface area (Å²) >= 11 is 0. The standard InChI is InChI=1S/C11H26OSi/c1-8-12-13(9-2,10(3)4)11(5,6)7/h10H,8-9H2,1-7H3. The van der Waals surface area contributed by atoms with Crippen LogP contribution in [0.25, 0.3) is 0 Å². The highest BCUT2D eigenvalue weighted by molar-refractivity contribution is 6.77. The Hall–Kier alpha value is 0.177. The van der Waals surface area contributed by atoms with Crippen molar-refractivity contribution < 1.29 is 4.43 Å². The first-order valence-corrected chi connectivity index (χ1v) is 7.65. The second kappa shape index (κ2) is 4.60. The molecule has 0 rings (SSSR count). The Morgan fingerprint density at radius 1 is 1.15 bits per heavy atom. The van der Waals surface area contributed by atoms with Crippen LogP contribution in [0.3, 0.4) is 0 Å². The van der Waals surface area contributed by atoms with Crippen molar-refractivity contribution in [1.29, 1.82) is 0 Å². The summed E-state index contributed by atoms with van der Waals surface area (Å²) in [5.41, 5.74) is 0.706. The SMILES string of the molecule is CCO[Si](CC)(C(C)C)C(C)(C)C. The van der Waals surface area contributed by atoms with Crippen molar-refractivity contribution in [3.63, 3.8) is 0 Å². The number of rotatable bonds is 4. The van der Waals surface area contributed by atoms with Gasteiger partial charge in [0, 0.05) is 6.61 Å². The monoisotopic (exact) mass is 202 g/mol. The molecule has 1 unspecified atom stereocenters. The molecule has 0 aromatic heterocycles. The number of hydrogen-bond acceptors (Lipinski definition) is 1. The van der Waals surface area contributed by atoms with Crippen LogP contribution in [-0.4, -0.2) is 14.9 Å². The smallest absolute Gasteiger partial charge is 0.200 e. The molecule has 0 saturated heterocycles. The Labute approximate surface area is 85.0 Å². The Kier molecular flexibility index (Phi) is 4.67. The topological polar surface area (TPSA) is 9.23 Å². The lowest BCUT2D eigenvalue weighted by molar-refractivity contribution is 0.289. The van der Waals surface area contributed by atoms with Gasteiger partial charge in [-0.15, -0.1) is 0 Å². The summed E-state index contributed by atoms with van der Waals surface area (Å²) < 4.78 is 6.14. The van der Waals surface area contributed by atoms with E-state index in [9.17, 15) is 0 Å². The third-order valence-corrected chi connectivity index (χ3v) is 9.39. The van der Waals surface area contributed by atoms with Crippen molar-refractivity contribution in [3.8, 4) is 0 Å². The van der Waals surface area contributed by atoms with Gasteiger partial charge in [0.1, 0.15) is 0 Å². The van der Waals surface area contributed by atoms with E-state index in [0.717, 1.165) is 6.61 Å². The van der Waals surface area contributed by atoms with Gasteiger partial charge in [0.05, 0.1) is 0 Å². The van der Waals surface area contributed by atoms with Gasteiger partial charge in [0.25, 0.3) is 0 Å². The lowest BCUT2D eigenvalue weighted by Crippen LogP contribution is -2.49. The molecule has 0 amide bonds. The molecule has 0 aromatic rings. The molecule has 0 bridgehead atoms. The van der Waals surface area contributed by atoms with Gasteiger partial charge in [-0.2, -0.15) is 0 Å². The van der Waals surface area contributed by atoms with Crippen LogP contribution in [0.2, 0.25) is 16.6 Å². The molecule has 0 heterocycles. The summed E-state index contributed by atoms with van der Waals surface area (Å²) in [7, 11) is -1.55. The lowest BCUT2D eigenvalue weighted by Gasteiger charge is -2.44. The van der Waals surface area contributed by atoms with Crippen molar-refractivity contribution in [1.82, 2.24) is 0 Å². The molecule has 0 saturated carbocycles.